The molecule has 0 aromatic heterocycles. The zero-order valence-corrected chi connectivity index (χ0v) is 21.2. The van der Waals surface area contributed by atoms with Crippen LogP contribution in [0.2, 0.25) is 0 Å². The maximum absolute atomic E-state index is 4.01. The molecule has 0 heterocycles. The van der Waals surface area contributed by atoms with E-state index in [0.717, 1.165) is 5.56 Å². The molecule has 1 aromatic carbocycles. The molecule has 0 N–H and O–H groups in total. The Hall–Kier alpha value is -0.118. The van der Waals surface area contributed by atoms with E-state index in [1.807, 2.05) is 52.0 Å². The molecule has 0 unspecified atom stereocenters. The van der Waals surface area contributed by atoms with Crippen molar-refractivity contribution in [3.05, 3.63) is 42.8 Å². The van der Waals surface area contributed by atoms with Crippen LogP contribution in [0.25, 0.3) is 0 Å². The first-order valence-corrected chi connectivity index (χ1v) is 10.2. The number of benzene rings is 1. The van der Waals surface area contributed by atoms with E-state index in [-0.39, 0.29) is 25.8 Å². The minimum Gasteiger partial charge on any atom is -0.335 e. The summed E-state index contributed by atoms with van der Waals surface area (Å²) in [5.74, 6) is 0. The zero-order chi connectivity index (χ0) is 20.4. The van der Waals surface area contributed by atoms with E-state index >= 15 is 0 Å². The molecule has 1 aromatic rings. The van der Waals surface area contributed by atoms with Gasteiger partial charge in [-0.2, -0.15) is 41.3 Å². The average molecular weight is 445 g/mol. The molecule has 0 amide bonds. The van der Waals surface area contributed by atoms with Crippen molar-refractivity contribution in [2.45, 2.75) is 114 Å². The summed E-state index contributed by atoms with van der Waals surface area (Å²) < 4.78 is 0. The van der Waals surface area contributed by atoms with Gasteiger partial charge in [0.15, 0.2) is 0 Å². The number of hydrogen-bond acceptors (Lipinski definition) is 0. The van der Waals surface area contributed by atoms with Crippen molar-refractivity contribution in [1.29, 1.82) is 0 Å². The van der Waals surface area contributed by atoms with Crippen LogP contribution in [-0.4, -0.2) is 0 Å². The smallest absolute Gasteiger partial charge is 0.335 e. The van der Waals surface area contributed by atoms with Crippen molar-refractivity contribution >= 4 is 0 Å². The van der Waals surface area contributed by atoms with Gasteiger partial charge in [0.05, 0.1) is 0 Å². The summed E-state index contributed by atoms with van der Waals surface area (Å²) in [5, 5.41) is 0. The predicted molar refractivity (Wildman–Crippen MR) is 119 cm³/mol. The second kappa shape index (κ2) is 39.1. The summed E-state index contributed by atoms with van der Waals surface area (Å²) in [7, 11) is 0. The molecule has 0 fully saturated rings. The molecule has 0 saturated heterocycles. The van der Waals surface area contributed by atoms with Gasteiger partial charge in [-0.25, -0.2) is 0 Å². The van der Waals surface area contributed by atoms with Gasteiger partial charge >= 0.3 is 20.4 Å². The van der Waals surface area contributed by atoms with E-state index in [4.69, 9.17) is 0 Å². The van der Waals surface area contributed by atoms with Gasteiger partial charge in [-0.3, -0.25) is 0 Å². The van der Waals surface area contributed by atoms with Gasteiger partial charge in [0.25, 0.3) is 0 Å². The fraction of sp³-hybridized carbons (Fsp3) is 0.708. The Morgan fingerprint density at radius 2 is 1.12 bits per heavy atom. The number of hydrogen-bond donors (Lipinski definition) is 0. The second-order valence-electron chi connectivity index (χ2n) is 5.57. The molecule has 25 heavy (non-hydrogen) atoms. The molecule has 1 rings (SSSR count). The van der Waals surface area contributed by atoms with Crippen molar-refractivity contribution in [2.24, 2.45) is 0 Å². The van der Waals surface area contributed by atoms with E-state index in [0.29, 0.717) is 0 Å². The summed E-state index contributed by atoms with van der Waals surface area (Å²) in [6.45, 7) is 29.0. The van der Waals surface area contributed by atoms with Crippen LogP contribution in [0, 0.1) is 13.0 Å². The Morgan fingerprint density at radius 3 is 1.24 bits per heavy atom. The summed E-state index contributed by atoms with van der Waals surface area (Å²) >= 11 is 0. The Bertz CT molecular complexity index is 243. The third-order valence-corrected chi connectivity index (χ3v) is 1.94. The van der Waals surface area contributed by atoms with Crippen molar-refractivity contribution < 1.29 is 20.4 Å². The molecule has 0 aliphatic heterocycles. The van der Waals surface area contributed by atoms with Crippen LogP contribution in [0.5, 0.6) is 0 Å². The van der Waals surface area contributed by atoms with Gasteiger partial charge < -0.3 is 6.92 Å². The van der Waals surface area contributed by atoms with Crippen LogP contribution in [-0.2, 0) is 25.8 Å². The normalized spacial score (nSPS) is 7.72. The zero-order valence-electron chi connectivity index (χ0n) is 19.7. The van der Waals surface area contributed by atoms with Gasteiger partial charge in [0.2, 0.25) is 0 Å². The molecular weight excluding hydrogens is 395 g/mol. The van der Waals surface area contributed by atoms with Crippen LogP contribution >= 0.6 is 0 Å². The molecule has 156 valence electrons. The average Bonchev–Trinajstić information content (AvgIpc) is 2.60. The van der Waals surface area contributed by atoms with Crippen LogP contribution in [0.1, 0.15) is 114 Å². The predicted octanol–water partition coefficient (Wildman–Crippen LogP) is 9.29. The maximum Gasteiger partial charge on any atom is 2.00 e. The van der Waals surface area contributed by atoms with E-state index < -0.39 is 0 Å². The van der Waals surface area contributed by atoms with Crippen molar-refractivity contribution in [3.63, 3.8) is 0 Å². The monoisotopic (exact) mass is 444 g/mol. The van der Waals surface area contributed by atoms with E-state index in [1.165, 1.54) is 25.7 Å². The van der Waals surface area contributed by atoms with Gasteiger partial charge in [0.1, 0.15) is 0 Å². The molecule has 0 spiro atoms. The Kier molecular flexibility index (Phi) is 62.3. The minimum atomic E-state index is -0.0126. The van der Waals surface area contributed by atoms with Crippen LogP contribution in [0.3, 0.4) is 0 Å². The second-order valence-corrected chi connectivity index (χ2v) is 5.57. The molecule has 0 nitrogen and oxygen atoms in total. The maximum atomic E-state index is 4.01. The van der Waals surface area contributed by atoms with Crippen LogP contribution in [0.15, 0.2) is 24.3 Å². The number of rotatable bonds is 2. The largest absolute Gasteiger partial charge is 2.00 e. The standard InChI is InChI=1S/C10H12.C4H10.2C3H8.2C2H6.Pd/c1-10(2,3)9-7-5-4-6-8-9;1-3-4-2;2*1-3-2;2*1-2;/h4-7H,1H2,2-3H3;3-4H2,1-2H3;2*3H2,1-2H3;2*1-2H3;/q-2;;;;;;+2. The molecule has 0 aliphatic rings. The van der Waals surface area contributed by atoms with Gasteiger partial charge in [-0.05, 0) is 0 Å². The first kappa shape index (κ1) is 39.8. The Balaban J connectivity index is -0.0000000512. The molecule has 0 radical (unpaired) electrons. The van der Waals surface area contributed by atoms with Crippen LogP contribution in [0.4, 0.5) is 0 Å². The molecule has 0 aliphatic carbocycles. The molecular formula is C24H50Pd. The first-order valence-electron chi connectivity index (χ1n) is 10.2. The van der Waals surface area contributed by atoms with E-state index in [1.54, 1.807) is 0 Å². The van der Waals surface area contributed by atoms with E-state index in [9.17, 15) is 0 Å². The van der Waals surface area contributed by atoms with E-state index in [2.05, 4.69) is 68.4 Å². The van der Waals surface area contributed by atoms with Gasteiger partial charge in [-0.1, -0.05) is 109 Å². The van der Waals surface area contributed by atoms with Crippen molar-refractivity contribution in [2.75, 3.05) is 0 Å². The summed E-state index contributed by atoms with van der Waals surface area (Å²) in [5.41, 5.74) is 1.15. The fourth-order valence-corrected chi connectivity index (χ4v) is 0.814. The minimum absolute atomic E-state index is 0. The van der Waals surface area contributed by atoms with Crippen molar-refractivity contribution in [3.8, 4) is 0 Å². The molecule has 1 heteroatoms. The summed E-state index contributed by atoms with van der Waals surface area (Å²) in [6, 6.07) is 11.1. The van der Waals surface area contributed by atoms with Gasteiger partial charge in [-0.15, -0.1) is 0 Å². The summed E-state index contributed by atoms with van der Waals surface area (Å²) in [4.78, 5) is 0. The van der Waals surface area contributed by atoms with Gasteiger partial charge in [0, 0.05) is 0 Å². The molecule has 0 bridgehead atoms. The van der Waals surface area contributed by atoms with Crippen LogP contribution < -0.4 is 0 Å². The SMILES string of the molecule is CC.CC.CCC.CCC.CCCC.[CH2-]C(C)(C)c1[c-]cccc1.[Pd+2]. The summed E-state index contributed by atoms with van der Waals surface area (Å²) in [6.07, 6.45) is 5.14. The Morgan fingerprint density at radius 1 is 0.800 bits per heavy atom. The first-order chi connectivity index (χ1) is 11.3. The van der Waals surface area contributed by atoms with Crippen molar-refractivity contribution in [1.82, 2.24) is 0 Å². The third kappa shape index (κ3) is 51.6. The Labute approximate surface area is 177 Å². The topological polar surface area (TPSA) is 0 Å². The number of unbranched alkanes of at least 4 members (excludes halogenated alkanes) is 1. The molecule has 0 atom stereocenters. The third-order valence-electron chi connectivity index (χ3n) is 1.94. The quantitative estimate of drug-likeness (QED) is 0.315. The molecule has 0 saturated carbocycles. The fourth-order valence-electron chi connectivity index (χ4n) is 0.814.